The predicted octanol–water partition coefficient (Wildman–Crippen LogP) is 3.46. The van der Waals surface area contributed by atoms with Gasteiger partial charge in [-0.1, -0.05) is 47.5 Å². The Morgan fingerprint density at radius 2 is 1.62 bits per heavy atom. The van der Waals surface area contributed by atoms with Gasteiger partial charge in [-0.2, -0.15) is 8.42 Å². The van der Waals surface area contributed by atoms with Crippen LogP contribution in [-0.4, -0.2) is 58.6 Å². The fourth-order valence-corrected chi connectivity index (χ4v) is 8.20. The molecule has 1 aromatic rings. The lowest BCUT2D eigenvalue weighted by Crippen LogP contribution is -2.59. The third-order valence-corrected chi connectivity index (χ3v) is 19.5. The van der Waals surface area contributed by atoms with Crippen LogP contribution in [0.4, 0.5) is 0 Å². The van der Waals surface area contributed by atoms with Gasteiger partial charge in [-0.15, -0.1) is 5.92 Å². The first kappa shape index (κ1) is 34.5. The highest BCUT2D eigenvalue weighted by molar-refractivity contribution is 7.91. The van der Waals surface area contributed by atoms with E-state index in [4.69, 9.17) is 23.5 Å². The summed E-state index contributed by atoms with van der Waals surface area (Å²) in [6.07, 6.45) is -2.10. The molecular formula is C28H47N3O8SSi2. The maximum atomic E-state index is 13.5. The summed E-state index contributed by atoms with van der Waals surface area (Å²) in [5.74, 6) is 5.22. The largest absolute Gasteiger partial charge is 0.414 e. The molecule has 1 fully saturated rings. The Morgan fingerprint density at radius 1 is 1.07 bits per heavy atom. The van der Waals surface area contributed by atoms with Crippen molar-refractivity contribution in [1.82, 2.24) is 9.13 Å². The maximum absolute atomic E-state index is 13.5. The van der Waals surface area contributed by atoms with Gasteiger partial charge in [0.15, 0.2) is 33.4 Å². The van der Waals surface area contributed by atoms with Crippen LogP contribution >= 0.6 is 0 Å². The molecule has 0 unspecified atom stereocenters. The van der Waals surface area contributed by atoms with E-state index in [1.165, 1.54) is 24.7 Å². The molecule has 0 aliphatic carbocycles. The van der Waals surface area contributed by atoms with Crippen molar-refractivity contribution in [2.24, 2.45) is 12.8 Å². The number of ether oxygens (including phenoxy) is 1. The zero-order valence-corrected chi connectivity index (χ0v) is 30.0. The fourth-order valence-electron chi connectivity index (χ4n) is 4.53. The van der Waals surface area contributed by atoms with Gasteiger partial charge in [0.1, 0.15) is 12.2 Å². The van der Waals surface area contributed by atoms with Crippen LogP contribution in [0.3, 0.4) is 0 Å². The van der Waals surface area contributed by atoms with E-state index in [0.29, 0.717) is 5.56 Å². The number of nitrogens with two attached hydrogens (primary N) is 1. The standard InChI is InChI=1S/C28H47N3O8SSi2/c1-14-15-19-21(29)28(39-40(19,34)35)20(17-36-41(10,11)26(3,4)5)37-24(22(28)38-42(12,13)27(6,7)8)31-16-18(2)23(32)30(9)25(31)33/h16,20,22,24H,17,29H2,1-13H3/t20-,22+,24-,28+/m1/s1. The SMILES string of the molecule is CC#CC1=C(N)[C@@]2(OS1(=O)=O)[C@@H](CO[Si](C)(C)C(C)(C)C)O[C@@H](n1cc(C)c(=O)n(C)c1=O)[C@@H]2O[Si](C)(C)C(C)(C)C. The summed E-state index contributed by atoms with van der Waals surface area (Å²) < 4.78 is 55.2. The van der Waals surface area contributed by atoms with Gasteiger partial charge in [0.2, 0.25) is 0 Å². The van der Waals surface area contributed by atoms with Gasteiger partial charge in [0, 0.05) is 18.8 Å². The topological polar surface area (TPSA) is 141 Å². The minimum absolute atomic E-state index is 0.0765. The molecule has 11 nitrogen and oxygen atoms in total. The van der Waals surface area contributed by atoms with E-state index in [-0.39, 0.29) is 27.3 Å². The number of rotatable bonds is 6. The normalized spacial score (nSPS) is 26.5. The molecule has 42 heavy (non-hydrogen) atoms. The molecule has 14 heteroatoms. The monoisotopic (exact) mass is 641 g/mol. The van der Waals surface area contributed by atoms with E-state index < -0.39 is 62.0 Å². The molecule has 2 aliphatic rings. The Kier molecular flexibility index (Phi) is 8.92. The number of hydrogen-bond acceptors (Lipinski definition) is 9. The summed E-state index contributed by atoms with van der Waals surface area (Å²) in [5.41, 5.74) is 3.86. The zero-order valence-electron chi connectivity index (χ0n) is 27.2. The van der Waals surface area contributed by atoms with Crippen molar-refractivity contribution >= 4 is 26.8 Å². The summed E-state index contributed by atoms with van der Waals surface area (Å²) >= 11 is 0. The second kappa shape index (κ2) is 10.9. The van der Waals surface area contributed by atoms with Gasteiger partial charge >= 0.3 is 15.8 Å². The number of aromatic nitrogens is 2. The van der Waals surface area contributed by atoms with E-state index in [2.05, 4.69) is 45.7 Å². The molecule has 0 bridgehead atoms. The molecule has 0 amide bonds. The van der Waals surface area contributed by atoms with Gasteiger partial charge in [-0.3, -0.25) is 13.9 Å². The van der Waals surface area contributed by atoms with Crippen molar-refractivity contribution in [3.8, 4) is 11.8 Å². The van der Waals surface area contributed by atoms with Crippen molar-refractivity contribution in [3.05, 3.63) is 43.2 Å². The van der Waals surface area contributed by atoms with Crippen molar-refractivity contribution in [1.29, 1.82) is 0 Å². The van der Waals surface area contributed by atoms with Crippen LogP contribution in [0.2, 0.25) is 36.3 Å². The zero-order chi connectivity index (χ0) is 32.4. The lowest BCUT2D eigenvalue weighted by Gasteiger charge is -2.43. The molecule has 2 aliphatic heterocycles. The first-order valence-electron chi connectivity index (χ1n) is 14.0. The van der Waals surface area contributed by atoms with E-state index in [0.717, 1.165) is 4.57 Å². The first-order valence-corrected chi connectivity index (χ1v) is 21.2. The summed E-state index contributed by atoms with van der Waals surface area (Å²) in [4.78, 5) is 25.8. The minimum atomic E-state index is -4.42. The second-order valence-electron chi connectivity index (χ2n) is 14.2. The average Bonchev–Trinajstić information content (AvgIpc) is 3.23. The van der Waals surface area contributed by atoms with Crippen molar-refractivity contribution in [2.45, 2.75) is 116 Å². The lowest BCUT2D eigenvalue weighted by atomic mass is 9.88. The van der Waals surface area contributed by atoms with Gasteiger partial charge < -0.3 is 19.3 Å². The number of allylic oxidation sites excluding steroid dienone is 1. The highest BCUT2D eigenvalue weighted by Gasteiger charge is 2.69. The fraction of sp³-hybridized carbons (Fsp3) is 0.714. The van der Waals surface area contributed by atoms with Crippen LogP contribution in [0.25, 0.3) is 0 Å². The molecule has 2 N–H and O–H groups in total. The van der Waals surface area contributed by atoms with Crippen LogP contribution in [0.5, 0.6) is 0 Å². The third-order valence-electron chi connectivity index (χ3n) is 9.25. The molecule has 0 saturated carbocycles. The number of nitrogens with zero attached hydrogens (tertiary/aromatic N) is 2. The molecule has 1 spiro atoms. The molecule has 1 aromatic heterocycles. The van der Waals surface area contributed by atoms with E-state index in [1.807, 2.05) is 33.9 Å². The average molecular weight is 642 g/mol. The Bertz CT molecular complexity index is 1570. The molecule has 236 valence electrons. The summed E-state index contributed by atoms with van der Waals surface area (Å²) in [5, 5.41) is -0.481. The van der Waals surface area contributed by atoms with E-state index in [1.54, 1.807) is 6.92 Å². The minimum Gasteiger partial charge on any atom is -0.414 e. The summed E-state index contributed by atoms with van der Waals surface area (Å²) in [7, 11) is -8.14. The van der Waals surface area contributed by atoms with Crippen molar-refractivity contribution in [2.75, 3.05) is 6.61 Å². The summed E-state index contributed by atoms with van der Waals surface area (Å²) in [6, 6.07) is 0. The smallest absolute Gasteiger partial charge is 0.332 e. The Balaban J connectivity index is 2.39. The van der Waals surface area contributed by atoms with Crippen LogP contribution in [-0.2, 0) is 34.9 Å². The van der Waals surface area contributed by atoms with Crippen LogP contribution in [0, 0.1) is 18.8 Å². The molecule has 1 saturated heterocycles. The van der Waals surface area contributed by atoms with Crippen LogP contribution in [0.15, 0.2) is 26.4 Å². The Labute approximate surface area is 251 Å². The van der Waals surface area contributed by atoms with Gasteiger partial charge in [-0.05, 0) is 50.1 Å². The van der Waals surface area contributed by atoms with Gasteiger partial charge in [0.25, 0.3) is 5.56 Å². The van der Waals surface area contributed by atoms with Crippen molar-refractivity contribution < 1.29 is 26.2 Å². The second-order valence-corrected chi connectivity index (χ2v) is 25.2. The molecular weight excluding hydrogens is 595 g/mol. The van der Waals surface area contributed by atoms with Crippen molar-refractivity contribution in [3.63, 3.8) is 0 Å². The van der Waals surface area contributed by atoms with Crippen LogP contribution in [0.1, 0.15) is 60.3 Å². The van der Waals surface area contributed by atoms with Gasteiger partial charge in [-0.25, -0.2) is 8.98 Å². The highest BCUT2D eigenvalue weighted by Crippen LogP contribution is 2.53. The van der Waals surface area contributed by atoms with E-state index in [9.17, 15) is 18.0 Å². The van der Waals surface area contributed by atoms with Gasteiger partial charge in [0.05, 0.1) is 12.3 Å². The van der Waals surface area contributed by atoms with Crippen LogP contribution < -0.4 is 17.0 Å². The number of hydrogen-bond donors (Lipinski definition) is 1. The summed E-state index contributed by atoms with van der Waals surface area (Å²) in [6.45, 7) is 23.5. The molecule has 0 aromatic carbocycles. The lowest BCUT2D eigenvalue weighted by molar-refractivity contribution is -0.0566. The highest BCUT2D eigenvalue weighted by atomic mass is 32.2. The van der Waals surface area contributed by atoms with E-state index >= 15 is 0 Å². The molecule has 0 radical (unpaired) electrons. The Morgan fingerprint density at radius 3 is 2.12 bits per heavy atom. The Hall–Kier alpha value is -2.00. The third kappa shape index (κ3) is 5.65. The quantitative estimate of drug-likeness (QED) is 0.281. The predicted molar refractivity (Wildman–Crippen MR) is 167 cm³/mol. The molecule has 3 rings (SSSR count). The first-order chi connectivity index (χ1) is 18.9. The maximum Gasteiger partial charge on any atom is 0.332 e. The molecule has 3 heterocycles. The number of aryl methyl sites for hydroxylation is 1. The molecule has 4 atom stereocenters.